The highest BCUT2D eigenvalue weighted by molar-refractivity contribution is 5.87. The molecule has 9 heteroatoms. The van der Waals surface area contributed by atoms with Gasteiger partial charge < -0.3 is 29.5 Å². The average Bonchev–Trinajstić information content (AvgIpc) is 3.24. The summed E-state index contributed by atoms with van der Waals surface area (Å²) in [6.07, 6.45) is 16.7. The maximum absolute atomic E-state index is 16.2. The van der Waals surface area contributed by atoms with E-state index < -0.39 is 37.2 Å². The van der Waals surface area contributed by atoms with E-state index in [-0.39, 0.29) is 37.5 Å². The second kappa shape index (κ2) is 23.8. The molecule has 0 aromatic heterocycles. The second-order valence-electron chi connectivity index (χ2n) is 17.4. The Morgan fingerprint density at radius 2 is 1.37 bits per heavy atom. The highest BCUT2D eigenvalue weighted by Gasteiger charge is 2.32. The molecule has 8 nitrogen and oxygen atoms in total. The van der Waals surface area contributed by atoms with Crippen molar-refractivity contribution in [1.29, 1.82) is 0 Å². The SMILES string of the molecule is C=C(C)C(=O)OCCCc1cc(C2=CC=C(c3ccc(C4CCC(CCCCC)CC4)cc3F)C(CC)C2C)cc(CCCOC(=O)C(=C)C)c1OCC(CO)(CO)CO. The average molecular weight is 831 g/mol. The number of aryl methyl sites for hydroxylation is 2. The number of carbonyl (C=O) groups excluding carboxylic acids is 2. The van der Waals surface area contributed by atoms with Crippen LogP contribution in [0.4, 0.5) is 4.39 Å². The van der Waals surface area contributed by atoms with Gasteiger partial charge >= 0.3 is 11.9 Å². The molecule has 2 aliphatic rings. The van der Waals surface area contributed by atoms with Crippen LogP contribution >= 0.6 is 0 Å². The van der Waals surface area contributed by atoms with Crippen molar-refractivity contribution >= 4 is 23.1 Å². The number of aliphatic hydroxyl groups excluding tert-OH is 3. The van der Waals surface area contributed by atoms with Gasteiger partial charge in [0.1, 0.15) is 18.2 Å². The molecule has 2 aromatic rings. The minimum atomic E-state index is -1.28. The zero-order valence-electron chi connectivity index (χ0n) is 37.0. The van der Waals surface area contributed by atoms with Crippen molar-refractivity contribution in [3.63, 3.8) is 0 Å². The van der Waals surface area contributed by atoms with Gasteiger partial charge in [-0.25, -0.2) is 14.0 Å². The van der Waals surface area contributed by atoms with E-state index in [0.717, 1.165) is 58.6 Å². The summed E-state index contributed by atoms with van der Waals surface area (Å²) in [5.74, 6) is 0.723. The molecule has 0 heterocycles. The van der Waals surface area contributed by atoms with Gasteiger partial charge in [-0.15, -0.1) is 0 Å². The summed E-state index contributed by atoms with van der Waals surface area (Å²) >= 11 is 0. The van der Waals surface area contributed by atoms with Crippen LogP contribution in [-0.4, -0.2) is 66.9 Å². The van der Waals surface area contributed by atoms with Crippen LogP contribution in [0.3, 0.4) is 0 Å². The predicted octanol–water partition coefficient (Wildman–Crippen LogP) is 10.3. The number of allylic oxidation sites excluding steroid dienone is 4. The lowest BCUT2D eigenvalue weighted by Gasteiger charge is -2.33. The number of benzene rings is 2. The number of rotatable bonds is 24. The fraction of sp³-hybridized carbons (Fsp3) is 0.569. The van der Waals surface area contributed by atoms with E-state index in [9.17, 15) is 24.9 Å². The van der Waals surface area contributed by atoms with Crippen LogP contribution in [0, 0.1) is 29.0 Å². The normalized spacial score (nSPS) is 19.3. The summed E-state index contributed by atoms with van der Waals surface area (Å²) in [5.41, 5.74) is 5.79. The fourth-order valence-corrected chi connectivity index (χ4v) is 8.74. The monoisotopic (exact) mass is 831 g/mol. The van der Waals surface area contributed by atoms with Gasteiger partial charge in [-0.3, -0.25) is 0 Å². The Labute approximate surface area is 358 Å². The van der Waals surface area contributed by atoms with Gasteiger partial charge in [0.05, 0.1) is 38.4 Å². The van der Waals surface area contributed by atoms with Crippen LogP contribution < -0.4 is 4.74 Å². The first-order chi connectivity index (χ1) is 28.8. The molecular formula is C51H71FO8. The Morgan fingerprint density at radius 3 is 1.87 bits per heavy atom. The standard InChI is InChI=1S/C51H71FO8/c1-8-10-11-14-37-17-19-38(20-18-37)39-21-22-46(47(52)29-39)45-24-23-44(36(7)43(45)9-2)42-27-40(15-12-25-58-49(56)34(3)4)48(60-33-51(30-53,31-54)32-55)41(28-42)16-13-26-59-50(57)35(5)6/h21-24,27-29,36-38,43,53-55H,3,5,8-20,25-26,30-33H2,1-2,4,6-7H3. The van der Waals surface area contributed by atoms with E-state index in [1.54, 1.807) is 19.9 Å². The predicted molar refractivity (Wildman–Crippen MR) is 238 cm³/mol. The number of halogens is 1. The molecule has 2 unspecified atom stereocenters. The van der Waals surface area contributed by atoms with Gasteiger partial charge in [0, 0.05) is 16.7 Å². The summed E-state index contributed by atoms with van der Waals surface area (Å²) in [4.78, 5) is 24.3. The largest absolute Gasteiger partial charge is 0.492 e. The maximum Gasteiger partial charge on any atom is 0.333 e. The molecule has 1 fully saturated rings. The van der Waals surface area contributed by atoms with Crippen LogP contribution in [0.5, 0.6) is 5.75 Å². The van der Waals surface area contributed by atoms with Crippen molar-refractivity contribution < 1.29 is 43.5 Å². The lowest BCUT2D eigenvalue weighted by Crippen LogP contribution is -2.40. The summed E-state index contributed by atoms with van der Waals surface area (Å²) in [6.45, 7) is 15.8. The molecule has 0 spiro atoms. The first kappa shape index (κ1) is 48.6. The van der Waals surface area contributed by atoms with Crippen LogP contribution in [0.25, 0.3) is 11.1 Å². The molecule has 0 bridgehead atoms. The zero-order valence-corrected chi connectivity index (χ0v) is 37.0. The number of carbonyl (C=O) groups is 2. The molecule has 0 radical (unpaired) electrons. The van der Waals surface area contributed by atoms with Crippen molar-refractivity contribution in [3.05, 3.63) is 100 Å². The number of unbranched alkanes of at least 4 members (excludes halogenated alkanes) is 2. The first-order valence-corrected chi connectivity index (χ1v) is 22.3. The fourth-order valence-electron chi connectivity index (χ4n) is 8.74. The van der Waals surface area contributed by atoms with Crippen LogP contribution in [0.2, 0.25) is 0 Å². The van der Waals surface area contributed by atoms with Gasteiger partial charge in [0.15, 0.2) is 0 Å². The van der Waals surface area contributed by atoms with E-state index >= 15 is 4.39 Å². The Hall–Kier alpha value is -4.05. The molecule has 2 aliphatic carbocycles. The Morgan fingerprint density at radius 1 is 0.800 bits per heavy atom. The summed E-state index contributed by atoms with van der Waals surface area (Å²) < 4.78 is 33.5. The lowest BCUT2D eigenvalue weighted by atomic mass is 9.72. The van der Waals surface area contributed by atoms with Crippen molar-refractivity contribution in [2.75, 3.05) is 39.6 Å². The lowest BCUT2D eigenvalue weighted by molar-refractivity contribution is -0.139. The van der Waals surface area contributed by atoms with Crippen molar-refractivity contribution in [3.8, 4) is 5.75 Å². The van der Waals surface area contributed by atoms with E-state index in [1.807, 2.05) is 6.07 Å². The van der Waals surface area contributed by atoms with E-state index in [2.05, 4.69) is 64.3 Å². The number of aliphatic hydroxyl groups is 3. The van der Waals surface area contributed by atoms with Gasteiger partial charge in [-0.2, -0.15) is 0 Å². The molecule has 60 heavy (non-hydrogen) atoms. The Balaban J connectivity index is 1.70. The molecular weight excluding hydrogens is 760 g/mol. The van der Waals surface area contributed by atoms with Crippen molar-refractivity contribution in [1.82, 2.24) is 0 Å². The summed E-state index contributed by atoms with van der Waals surface area (Å²) in [7, 11) is 0. The van der Waals surface area contributed by atoms with E-state index in [4.69, 9.17) is 14.2 Å². The second-order valence-corrected chi connectivity index (χ2v) is 17.4. The molecule has 1 saturated carbocycles. The molecule has 0 amide bonds. The number of hydrogen-bond acceptors (Lipinski definition) is 8. The number of hydrogen-bond donors (Lipinski definition) is 3. The Kier molecular flexibility index (Phi) is 19.3. The summed E-state index contributed by atoms with van der Waals surface area (Å²) in [5, 5.41) is 30.3. The smallest absolute Gasteiger partial charge is 0.333 e. The molecule has 330 valence electrons. The number of esters is 2. The van der Waals surface area contributed by atoms with Crippen LogP contribution in [-0.2, 0) is 31.9 Å². The van der Waals surface area contributed by atoms with Gasteiger partial charge in [-0.1, -0.05) is 83.9 Å². The quantitative estimate of drug-likeness (QED) is 0.0543. The molecule has 3 N–H and O–H groups in total. The molecule has 2 atom stereocenters. The summed E-state index contributed by atoms with van der Waals surface area (Å²) in [6, 6.07) is 10.1. The van der Waals surface area contributed by atoms with Crippen molar-refractivity contribution in [2.45, 2.75) is 124 Å². The molecule has 4 rings (SSSR count). The third-order valence-electron chi connectivity index (χ3n) is 12.7. The zero-order chi connectivity index (χ0) is 43.8. The highest BCUT2D eigenvalue weighted by atomic mass is 19.1. The third-order valence-corrected chi connectivity index (χ3v) is 12.7. The third kappa shape index (κ3) is 13.0. The molecule has 0 saturated heterocycles. The Bertz CT molecular complexity index is 1770. The minimum Gasteiger partial charge on any atom is -0.492 e. The van der Waals surface area contributed by atoms with Crippen molar-refractivity contribution in [2.24, 2.45) is 23.2 Å². The van der Waals surface area contributed by atoms with E-state index in [0.29, 0.717) is 54.1 Å². The maximum atomic E-state index is 16.2. The van der Waals surface area contributed by atoms with Gasteiger partial charge in [0.25, 0.3) is 0 Å². The molecule has 2 aromatic carbocycles. The van der Waals surface area contributed by atoms with E-state index in [1.165, 1.54) is 38.5 Å². The molecule has 0 aliphatic heterocycles. The highest BCUT2D eigenvalue weighted by Crippen LogP contribution is 2.46. The van der Waals surface area contributed by atoms with Gasteiger partial charge in [-0.05, 0) is 147 Å². The first-order valence-electron chi connectivity index (χ1n) is 22.3. The minimum absolute atomic E-state index is 0.0309. The topological polar surface area (TPSA) is 123 Å². The van der Waals surface area contributed by atoms with Gasteiger partial charge in [0.2, 0.25) is 0 Å². The van der Waals surface area contributed by atoms with Crippen LogP contribution in [0.15, 0.2) is 66.8 Å². The van der Waals surface area contributed by atoms with Crippen LogP contribution in [0.1, 0.15) is 139 Å². The number of ether oxygens (including phenoxy) is 3.